The highest BCUT2D eigenvalue weighted by Crippen LogP contribution is 2.23. The van der Waals surface area contributed by atoms with E-state index in [2.05, 4.69) is 20.7 Å². The van der Waals surface area contributed by atoms with E-state index in [1.54, 1.807) is 4.98 Å². The van der Waals surface area contributed by atoms with Crippen molar-refractivity contribution >= 4 is 21.7 Å². The Kier molecular flexibility index (Phi) is 3.76. The number of hydrogen-bond acceptors (Lipinski definition) is 4. The average molecular weight is 317 g/mol. The Bertz CT molecular complexity index is 499. The SMILES string of the molecule is O=c1cc(OC(F)(F)F)[nH]c([N+](=O)[O-])c1CBr. The predicted octanol–water partition coefficient (Wildman–Crippen LogP) is 2.08. The molecule has 17 heavy (non-hydrogen) atoms. The second kappa shape index (κ2) is 4.73. The van der Waals surface area contributed by atoms with Crippen LogP contribution in [0.4, 0.5) is 19.0 Å². The van der Waals surface area contributed by atoms with E-state index in [-0.39, 0.29) is 10.9 Å². The van der Waals surface area contributed by atoms with E-state index in [4.69, 9.17) is 0 Å². The molecule has 0 aliphatic heterocycles. The monoisotopic (exact) mass is 316 g/mol. The molecule has 94 valence electrons. The van der Waals surface area contributed by atoms with Gasteiger partial charge in [0, 0.05) is 5.33 Å². The zero-order chi connectivity index (χ0) is 13.2. The van der Waals surface area contributed by atoms with Gasteiger partial charge in [-0.15, -0.1) is 13.2 Å². The van der Waals surface area contributed by atoms with Gasteiger partial charge in [0.05, 0.1) is 6.07 Å². The first-order valence-corrected chi connectivity index (χ1v) is 5.09. The van der Waals surface area contributed by atoms with Gasteiger partial charge in [-0.25, -0.2) is 4.98 Å². The van der Waals surface area contributed by atoms with Crippen molar-refractivity contribution in [2.24, 2.45) is 0 Å². The van der Waals surface area contributed by atoms with E-state index in [1.807, 2.05) is 0 Å². The smallest absolute Gasteiger partial charge is 0.370 e. The average Bonchev–Trinajstić information content (AvgIpc) is 2.13. The van der Waals surface area contributed by atoms with Crippen LogP contribution in [0.2, 0.25) is 0 Å². The van der Waals surface area contributed by atoms with E-state index in [0.717, 1.165) is 0 Å². The van der Waals surface area contributed by atoms with Gasteiger partial charge in [-0.3, -0.25) is 4.79 Å². The Morgan fingerprint density at radius 1 is 1.53 bits per heavy atom. The lowest BCUT2D eigenvalue weighted by atomic mass is 10.3. The molecule has 1 aromatic rings. The third kappa shape index (κ3) is 3.44. The van der Waals surface area contributed by atoms with Crippen LogP contribution in [0.1, 0.15) is 5.56 Å². The first-order valence-electron chi connectivity index (χ1n) is 3.97. The number of alkyl halides is 4. The van der Waals surface area contributed by atoms with Crippen LogP contribution in [0.5, 0.6) is 5.88 Å². The molecule has 0 saturated carbocycles. The number of H-pyrrole nitrogens is 1. The summed E-state index contributed by atoms with van der Waals surface area (Å²) < 4.78 is 39.0. The first-order chi connectivity index (χ1) is 7.74. The third-order valence-corrected chi connectivity index (χ3v) is 2.19. The molecule has 0 aromatic carbocycles. The van der Waals surface area contributed by atoms with Crippen LogP contribution >= 0.6 is 15.9 Å². The van der Waals surface area contributed by atoms with Gasteiger partial charge in [0.25, 0.3) is 5.88 Å². The third-order valence-electron chi connectivity index (χ3n) is 1.63. The minimum atomic E-state index is -5.03. The van der Waals surface area contributed by atoms with Gasteiger partial charge < -0.3 is 14.9 Å². The number of rotatable bonds is 3. The highest BCUT2D eigenvalue weighted by molar-refractivity contribution is 9.08. The molecule has 10 heteroatoms. The van der Waals surface area contributed by atoms with Crippen LogP contribution in [0.15, 0.2) is 10.9 Å². The van der Waals surface area contributed by atoms with E-state index >= 15 is 0 Å². The molecule has 0 atom stereocenters. The maximum atomic E-state index is 11.9. The van der Waals surface area contributed by atoms with Crippen molar-refractivity contribution in [2.75, 3.05) is 0 Å². The zero-order valence-electron chi connectivity index (χ0n) is 7.88. The zero-order valence-corrected chi connectivity index (χ0v) is 9.46. The van der Waals surface area contributed by atoms with Crippen LogP contribution in [-0.4, -0.2) is 16.3 Å². The second-order valence-electron chi connectivity index (χ2n) is 2.76. The van der Waals surface area contributed by atoms with Crippen LogP contribution in [0.3, 0.4) is 0 Å². The van der Waals surface area contributed by atoms with Crippen molar-refractivity contribution in [3.8, 4) is 5.88 Å². The van der Waals surface area contributed by atoms with Crippen molar-refractivity contribution in [3.63, 3.8) is 0 Å². The summed E-state index contributed by atoms with van der Waals surface area (Å²) in [4.78, 5) is 22.6. The Labute approximate surface area is 99.7 Å². The highest BCUT2D eigenvalue weighted by Gasteiger charge is 2.33. The Balaban J connectivity index is 3.30. The standard InChI is InChI=1S/C7H4BrF3N2O4/c8-2-3-4(14)1-5(17-7(9,10)11)12-6(3)13(15)16/h1H,2H2,(H,12,14). The number of halogens is 4. The second-order valence-corrected chi connectivity index (χ2v) is 3.32. The fourth-order valence-corrected chi connectivity index (χ4v) is 1.56. The maximum Gasteiger partial charge on any atom is 0.575 e. The Morgan fingerprint density at radius 2 is 2.12 bits per heavy atom. The number of ether oxygens (including phenoxy) is 1. The molecule has 0 aliphatic rings. The summed E-state index contributed by atoms with van der Waals surface area (Å²) in [6, 6.07) is 0.497. The summed E-state index contributed by atoms with van der Waals surface area (Å²) in [7, 11) is 0. The summed E-state index contributed by atoms with van der Waals surface area (Å²) >= 11 is 2.83. The summed E-state index contributed by atoms with van der Waals surface area (Å²) in [6.45, 7) is 0. The molecule has 0 saturated heterocycles. The minimum Gasteiger partial charge on any atom is -0.370 e. The molecule has 1 N–H and O–H groups in total. The molecule has 0 bridgehead atoms. The molecule has 0 aliphatic carbocycles. The largest absolute Gasteiger partial charge is 0.575 e. The van der Waals surface area contributed by atoms with E-state index in [9.17, 15) is 28.1 Å². The molecule has 1 rings (SSSR count). The molecule has 0 amide bonds. The van der Waals surface area contributed by atoms with Gasteiger partial charge in [-0.2, -0.15) is 0 Å². The lowest BCUT2D eigenvalue weighted by molar-refractivity contribution is -0.390. The summed E-state index contributed by atoms with van der Waals surface area (Å²) in [5.74, 6) is -1.87. The maximum absolute atomic E-state index is 11.9. The van der Waals surface area contributed by atoms with Crippen molar-refractivity contribution in [2.45, 2.75) is 11.7 Å². The lowest BCUT2D eigenvalue weighted by Gasteiger charge is -2.07. The van der Waals surface area contributed by atoms with Crippen molar-refractivity contribution in [1.29, 1.82) is 0 Å². The molecule has 6 nitrogen and oxygen atoms in total. The summed E-state index contributed by atoms with van der Waals surface area (Å²) in [5.41, 5.74) is -1.21. The number of aromatic nitrogens is 1. The Morgan fingerprint density at radius 3 is 2.53 bits per heavy atom. The molecule has 0 radical (unpaired) electrons. The quantitative estimate of drug-likeness (QED) is 0.525. The van der Waals surface area contributed by atoms with Gasteiger partial charge in [-0.1, -0.05) is 15.9 Å². The molecular weight excluding hydrogens is 313 g/mol. The van der Waals surface area contributed by atoms with Gasteiger partial charge in [0.1, 0.15) is 5.56 Å². The number of hydrogen-bond donors (Lipinski definition) is 1. The first kappa shape index (κ1) is 13.5. The van der Waals surface area contributed by atoms with Crippen LogP contribution in [0, 0.1) is 10.1 Å². The summed E-state index contributed by atoms with van der Waals surface area (Å²) in [5, 5.41) is 10.4. The van der Waals surface area contributed by atoms with E-state index in [1.165, 1.54) is 0 Å². The number of nitro groups is 1. The van der Waals surface area contributed by atoms with Gasteiger partial charge in [0.2, 0.25) is 0 Å². The van der Waals surface area contributed by atoms with Gasteiger partial charge >= 0.3 is 12.2 Å². The van der Waals surface area contributed by atoms with Gasteiger partial charge in [0.15, 0.2) is 5.43 Å². The minimum absolute atomic E-state index is 0.162. The molecule has 0 fully saturated rings. The van der Waals surface area contributed by atoms with Crippen LogP contribution in [0.25, 0.3) is 0 Å². The van der Waals surface area contributed by atoms with Crippen LogP contribution < -0.4 is 10.2 Å². The molecule has 0 unspecified atom stereocenters. The topological polar surface area (TPSA) is 85.2 Å². The van der Waals surface area contributed by atoms with E-state index < -0.39 is 28.4 Å². The Hall–Kier alpha value is -1.58. The molecule has 0 spiro atoms. The fraction of sp³-hybridized carbons (Fsp3) is 0.286. The van der Waals surface area contributed by atoms with Crippen molar-refractivity contribution in [1.82, 2.24) is 4.98 Å². The lowest BCUT2D eigenvalue weighted by Crippen LogP contribution is -2.21. The van der Waals surface area contributed by atoms with Crippen LogP contribution in [-0.2, 0) is 5.33 Å². The van der Waals surface area contributed by atoms with E-state index in [0.29, 0.717) is 6.07 Å². The summed E-state index contributed by atoms with van der Waals surface area (Å²) in [6.07, 6.45) is -5.03. The number of aromatic amines is 1. The van der Waals surface area contributed by atoms with Crippen molar-refractivity contribution < 1.29 is 22.8 Å². The fourth-order valence-electron chi connectivity index (χ4n) is 1.02. The van der Waals surface area contributed by atoms with Gasteiger partial charge in [-0.05, 0) is 4.92 Å². The number of pyridine rings is 1. The number of nitrogens with zero attached hydrogens (tertiary/aromatic N) is 1. The highest BCUT2D eigenvalue weighted by atomic mass is 79.9. The molecule has 1 heterocycles. The number of nitrogens with one attached hydrogen (secondary N) is 1. The molecule has 1 aromatic heterocycles. The van der Waals surface area contributed by atoms with Crippen molar-refractivity contribution in [3.05, 3.63) is 32.0 Å². The predicted molar refractivity (Wildman–Crippen MR) is 53.0 cm³/mol. The normalized spacial score (nSPS) is 11.3. The molecular formula is C7H4BrF3N2O4.